The summed E-state index contributed by atoms with van der Waals surface area (Å²) in [5.41, 5.74) is 3.45. The van der Waals surface area contributed by atoms with Crippen LogP contribution in [0.15, 0.2) is 48.5 Å². The average molecular weight is 294 g/mol. The minimum absolute atomic E-state index is 0.0613. The Labute approximate surface area is 127 Å². The summed E-state index contributed by atoms with van der Waals surface area (Å²) in [7, 11) is 2.00. The predicted octanol–water partition coefficient (Wildman–Crippen LogP) is 3.41. The summed E-state index contributed by atoms with van der Waals surface area (Å²) >= 11 is 0. The molecule has 0 N–H and O–H groups in total. The highest BCUT2D eigenvalue weighted by atomic mass is 19.1. The van der Waals surface area contributed by atoms with E-state index in [0.717, 1.165) is 28.7 Å². The van der Waals surface area contributed by atoms with Crippen molar-refractivity contribution in [1.29, 1.82) is 0 Å². The Bertz CT molecular complexity index is 883. The van der Waals surface area contributed by atoms with E-state index in [4.69, 9.17) is 0 Å². The van der Waals surface area contributed by atoms with E-state index in [0.29, 0.717) is 12.1 Å². The van der Waals surface area contributed by atoms with Crippen molar-refractivity contribution in [3.63, 3.8) is 0 Å². The van der Waals surface area contributed by atoms with Crippen LogP contribution in [0.1, 0.15) is 21.6 Å². The number of hydrogen-bond donors (Lipinski definition) is 0. The van der Waals surface area contributed by atoms with Crippen LogP contribution in [0.3, 0.4) is 0 Å². The first-order valence-electron chi connectivity index (χ1n) is 7.25. The first kappa shape index (κ1) is 13.2. The molecule has 1 aliphatic rings. The predicted molar refractivity (Wildman–Crippen MR) is 83.2 cm³/mol. The first-order chi connectivity index (χ1) is 10.6. The van der Waals surface area contributed by atoms with Crippen LogP contribution in [0, 0.1) is 5.82 Å². The second-order valence-electron chi connectivity index (χ2n) is 5.77. The highest BCUT2D eigenvalue weighted by Crippen LogP contribution is 2.33. The van der Waals surface area contributed by atoms with Crippen LogP contribution in [0.25, 0.3) is 10.9 Å². The van der Waals surface area contributed by atoms with Gasteiger partial charge in [-0.05, 0) is 42.9 Å². The molecule has 3 aromatic rings. The van der Waals surface area contributed by atoms with Gasteiger partial charge in [-0.25, -0.2) is 4.39 Å². The second-order valence-corrected chi connectivity index (χ2v) is 5.77. The van der Waals surface area contributed by atoms with Crippen molar-refractivity contribution in [2.45, 2.75) is 13.1 Å². The molecule has 0 unspecified atom stereocenters. The minimum atomic E-state index is -0.269. The summed E-state index contributed by atoms with van der Waals surface area (Å²) in [5, 5.41) is 0.837. The Morgan fingerprint density at radius 3 is 2.64 bits per heavy atom. The number of halogens is 1. The average Bonchev–Trinajstić information content (AvgIpc) is 3.03. The van der Waals surface area contributed by atoms with Crippen LogP contribution in [0.4, 0.5) is 4.39 Å². The molecule has 110 valence electrons. The minimum Gasteiger partial charge on any atom is -0.296 e. The number of hydrogen-bond acceptors (Lipinski definition) is 2. The lowest BCUT2D eigenvalue weighted by atomic mass is 10.1. The summed E-state index contributed by atoms with van der Waals surface area (Å²) in [6, 6.07) is 13.8. The summed E-state index contributed by atoms with van der Waals surface area (Å²) in [6.07, 6.45) is 0. The van der Waals surface area contributed by atoms with Crippen LogP contribution in [0.5, 0.6) is 0 Å². The Morgan fingerprint density at radius 2 is 1.86 bits per heavy atom. The molecular weight excluding hydrogens is 279 g/mol. The van der Waals surface area contributed by atoms with Gasteiger partial charge < -0.3 is 0 Å². The van der Waals surface area contributed by atoms with Crippen molar-refractivity contribution >= 4 is 16.8 Å². The van der Waals surface area contributed by atoms with Crippen molar-refractivity contribution in [1.82, 2.24) is 9.47 Å². The highest BCUT2D eigenvalue weighted by molar-refractivity contribution is 6.04. The normalized spacial score (nSPS) is 14.5. The molecule has 0 saturated carbocycles. The molecule has 2 heterocycles. The summed E-state index contributed by atoms with van der Waals surface area (Å²) in [5.74, 6) is -0.331. The quantitative estimate of drug-likeness (QED) is 0.687. The third-order valence-electron chi connectivity index (χ3n) is 4.21. The molecular formula is C18H15FN2O. The topological polar surface area (TPSA) is 25.2 Å². The number of benzene rings is 2. The number of fused-ring (bicyclic) bond motifs is 3. The van der Waals surface area contributed by atoms with Gasteiger partial charge in [0, 0.05) is 29.7 Å². The molecule has 2 aromatic carbocycles. The van der Waals surface area contributed by atoms with Crippen molar-refractivity contribution in [3.8, 4) is 0 Å². The van der Waals surface area contributed by atoms with Crippen LogP contribution < -0.4 is 0 Å². The maximum absolute atomic E-state index is 13.6. The standard InChI is InChI=1S/C18H15FN2O/c1-20-10-15-14-9-13(19)7-8-16(14)21(17(15)11-20)18(22)12-5-3-2-4-6-12/h2-9H,10-11H2,1H3. The monoisotopic (exact) mass is 294 g/mol. The fraction of sp³-hybridized carbons (Fsp3) is 0.167. The van der Waals surface area contributed by atoms with Crippen LogP contribution >= 0.6 is 0 Å². The smallest absolute Gasteiger partial charge is 0.262 e. The lowest BCUT2D eigenvalue weighted by Gasteiger charge is -2.11. The Hall–Kier alpha value is -2.46. The van der Waals surface area contributed by atoms with Gasteiger partial charge in [0.25, 0.3) is 5.91 Å². The third kappa shape index (κ3) is 1.88. The maximum Gasteiger partial charge on any atom is 0.262 e. The van der Waals surface area contributed by atoms with Crippen molar-refractivity contribution in [3.05, 3.63) is 71.2 Å². The summed E-state index contributed by atoms with van der Waals surface area (Å²) in [6.45, 7) is 1.44. The van der Waals surface area contributed by atoms with Crippen LogP contribution in [-0.2, 0) is 13.1 Å². The molecule has 0 aliphatic carbocycles. The number of aromatic nitrogens is 1. The maximum atomic E-state index is 13.6. The van der Waals surface area contributed by atoms with Gasteiger partial charge in [-0.2, -0.15) is 0 Å². The Balaban J connectivity index is 1.98. The van der Waals surface area contributed by atoms with E-state index in [2.05, 4.69) is 4.90 Å². The van der Waals surface area contributed by atoms with E-state index in [-0.39, 0.29) is 11.7 Å². The molecule has 0 spiro atoms. The Morgan fingerprint density at radius 1 is 1.09 bits per heavy atom. The molecule has 4 heteroatoms. The molecule has 1 aliphatic heterocycles. The van der Waals surface area contributed by atoms with Gasteiger partial charge in [0.15, 0.2) is 0 Å². The molecule has 0 bridgehead atoms. The number of carbonyl (C=O) groups excluding carboxylic acids is 1. The van der Waals surface area contributed by atoms with E-state index < -0.39 is 0 Å². The van der Waals surface area contributed by atoms with Gasteiger partial charge in [0.2, 0.25) is 0 Å². The number of nitrogens with zero attached hydrogens (tertiary/aromatic N) is 2. The van der Waals surface area contributed by atoms with Crippen molar-refractivity contribution in [2.24, 2.45) is 0 Å². The highest BCUT2D eigenvalue weighted by Gasteiger charge is 2.28. The molecule has 0 radical (unpaired) electrons. The van der Waals surface area contributed by atoms with E-state index in [1.165, 1.54) is 12.1 Å². The Kier molecular flexibility index (Phi) is 2.87. The van der Waals surface area contributed by atoms with Gasteiger partial charge in [-0.3, -0.25) is 14.3 Å². The van der Waals surface area contributed by atoms with E-state index in [9.17, 15) is 9.18 Å². The first-order valence-corrected chi connectivity index (χ1v) is 7.25. The van der Waals surface area contributed by atoms with Gasteiger partial charge >= 0.3 is 0 Å². The van der Waals surface area contributed by atoms with Gasteiger partial charge in [0.1, 0.15) is 5.82 Å². The summed E-state index contributed by atoms with van der Waals surface area (Å²) < 4.78 is 15.4. The van der Waals surface area contributed by atoms with E-state index in [1.54, 1.807) is 10.6 Å². The number of rotatable bonds is 1. The van der Waals surface area contributed by atoms with E-state index in [1.807, 2.05) is 37.4 Å². The molecule has 0 fully saturated rings. The fourth-order valence-electron chi connectivity index (χ4n) is 3.25. The van der Waals surface area contributed by atoms with Gasteiger partial charge in [0.05, 0.1) is 5.52 Å². The summed E-state index contributed by atoms with van der Waals surface area (Å²) in [4.78, 5) is 15.1. The molecule has 0 atom stereocenters. The fourth-order valence-corrected chi connectivity index (χ4v) is 3.25. The lowest BCUT2D eigenvalue weighted by Crippen LogP contribution is -2.17. The zero-order valence-corrected chi connectivity index (χ0v) is 12.2. The third-order valence-corrected chi connectivity index (χ3v) is 4.21. The number of carbonyl (C=O) groups is 1. The SMILES string of the molecule is CN1Cc2c(n(C(=O)c3ccccc3)c3ccc(F)cc23)C1. The molecule has 1 aromatic heterocycles. The van der Waals surface area contributed by atoms with E-state index >= 15 is 0 Å². The largest absolute Gasteiger partial charge is 0.296 e. The molecule has 3 nitrogen and oxygen atoms in total. The van der Waals surface area contributed by atoms with Crippen molar-refractivity contribution < 1.29 is 9.18 Å². The van der Waals surface area contributed by atoms with Crippen molar-refractivity contribution in [2.75, 3.05) is 7.05 Å². The van der Waals surface area contributed by atoms with Crippen LogP contribution in [-0.4, -0.2) is 22.4 Å². The molecule has 0 amide bonds. The zero-order valence-electron chi connectivity index (χ0n) is 12.2. The van der Waals surface area contributed by atoms with Crippen LogP contribution in [0.2, 0.25) is 0 Å². The molecule has 22 heavy (non-hydrogen) atoms. The van der Waals surface area contributed by atoms with Gasteiger partial charge in [-0.1, -0.05) is 18.2 Å². The second kappa shape index (κ2) is 4.78. The lowest BCUT2D eigenvalue weighted by molar-refractivity contribution is 0.0961. The zero-order chi connectivity index (χ0) is 15.3. The van der Waals surface area contributed by atoms with Gasteiger partial charge in [-0.15, -0.1) is 0 Å². The molecule has 0 saturated heterocycles. The molecule has 4 rings (SSSR count).